The second-order valence-electron chi connectivity index (χ2n) is 7.24. The average Bonchev–Trinajstić information content (AvgIpc) is 3.06. The highest BCUT2D eigenvalue weighted by Crippen LogP contribution is 2.35. The van der Waals surface area contributed by atoms with Crippen LogP contribution in [-0.4, -0.2) is 16.8 Å². The van der Waals surface area contributed by atoms with Crippen LogP contribution in [0.3, 0.4) is 0 Å². The first-order chi connectivity index (χ1) is 16.0. The predicted molar refractivity (Wildman–Crippen MR) is 125 cm³/mol. The summed E-state index contributed by atoms with van der Waals surface area (Å²) >= 11 is 12.7. The number of halogens is 2. The van der Waals surface area contributed by atoms with Gasteiger partial charge in [-0.2, -0.15) is 5.26 Å². The molecule has 0 spiro atoms. The van der Waals surface area contributed by atoms with Gasteiger partial charge >= 0.3 is 6.03 Å². The van der Waals surface area contributed by atoms with Crippen LogP contribution in [0.15, 0.2) is 72.4 Å². The van der Waals surface area contributed by atoms with Crippen LogP contribution in [0.25, 0.3) is 6.08 Å². The lowest BCUT2D eigenvalue weighted by atomic mass is 10.1. The van der Waals surface area contributed by atoms with Crippen molar-refractivity contribution in [1.29, 1.82) is 5.26 Å². The molecule has 0 atom stereocenters. The highest BCUT2D eigenvalue weighted by Gasteiger charge is 2.33. The summed E-state index contributed by atoms with van der Waals surface area (Å²) in [5, 5.41) is 12.3. The van der Waals surface area contributed by atoms with E-state index in [0.29, 0.717) is 16.7 Å². The van der Waals surface area contributed by atoms with Gasteiger partial charge in [-0.05, 0) is 35.4 Å². The smallest absolute Gasteiger partial charge is 0.329 e. The maximum Gasteiger partial charge on any atom is 0.329 e. The van der Waals surface area contributed by atoms with Crippen molar-refractivity contribution in [3.05, 3.63) is 105 Å². The van der Waals surface area contributed by atoms with Gasteiger partial charge in [-0.3, -0.25) is 9.69 Å². The number of nitriles is 1. The van der Waals surface area contributed by atoms with Crippen LogP contribution in [-0.2, 0) is 17.9 Å². The van der Waals surface area contributed by atoms with Crippen LogP contribution in [0.4, 0.5) is 4.79 Å². The summed E-state index contributed by atoms with van der Waals surface area (Å²) in [6, 6.07) is 21.1. The molecule has 0 aromatic heterocycles. The lowest BCUT2D eigenvalue weighted by molar-refractivity contribution is -0.123. The normalized spacial score (nSPS) is 14.3. The summed E-state index contributed by atoms with van der Waals surface area (Å²) in [5.41, 5.74) is 2.70. The molecule has 1 saturated heterocycles. The fourth-order valence-electron chi connectivity index (χ4n) is 3.35. The number of benzene rings is 3. The number of nitrogens with one attached hydrogen (secondary N) is 1. The van der Waals surface area contributed by atoms with Crippen LogP contribution >= 0.6 is 23.2 Å². The summed E-state index contributed by atoms with van der Waals surface area (Å²) < 4.78 is 5.76. The van der Waals surface area contributed by atoms with Crippen molar-refractivity contribution in [3.63, 3.8) is 0 Å². The van der Waals surface area contributed by atoms with Crippen LogP contribution in [0.1, 0.15) is 22.3 Å². The molecular weight excluding hydrogens is 461 g/mol. The van der Waals surface area contributed by atoms with E-state index in [1.54, 1.807) is 30.3 Å². The molecule has 1 aliphatic heterocycles. The lowest BCUT2D eigenvalue weighted by Gasteiger charge is -2.12. The zero-order chi connectivity index (χ0) is 23.4. The fourth-order valence-corrected chi connectivity index (χ4v) is 3.97. The molecule has 1 aliphatic rings. The van der Waals surface area contributed by atoms with Gasteiger partial charge in [-0.25, -0.2) is 4.79 Å². The van der Waals surface area contributed by atoms with E-state index in [1.807, 2.05) is 36.4 Å². The number of imide groups is 1. The van der Waals surface area contributed by atoms with E-state index in [0.717, 1.165) is 10.5 Å². The summed E-state index contributed by atoms with van der Waals surface area (Å²) in [6.45, 7) is 0.286. The number of carbonyl (C=O) groups is 2. The van der Waals surface area contributed by atoms with Crippen LogP contribution in [0.5, 0.6) is 5.75 Å². The molecule has 0 radical (unpaired) electrons. The quantitative estimate of drug-likeness (QED) is 0.373. The number of carbonyl (C=O) groups excluding carboxylic acids is 2. The van der Waals surface area contributed by atoms with Crippen molar-refractivity contribution in [2.24, 2.45) is 0 Å². The number of nitrogens with zero attached hydrogens (tertiary/aromatic N) is 2. The fraction of sp³-hybridized carbons (Fsp3) is 0.0800. The summed E-state index contributed by atoms with van der Waals surface area (Å²) in [7, 11) is 0. The third-order valence-corrected chi connectivity index (χ3v) is 5.55. The van der Waals surface area contributed by atoms with Crippen molar-refractivity contribution in [2.45, 2.75) is 13.2 Å². The van der Waals surface area contributed by atoms with Gasteiger partial charge in [0, 0.05) is 5.56 Å². The third kappa shape index (κ3) is 5.01. The highest BCUT2D eigenvalue weighted by atomic mass is 35.5. The molecule has 8 heteroatoms. The first-order valence-electron chi connectivity index (χ1n) is 9.94. The minimum atomic E-state index is -0.497. The number of ether oxygens (including phenoxy) is 1. The van der Waals surface area contributed by atoms with Crippen LogP contribution in [0, 0.1) is 11.3 Å². The second kappa shape index (κ2) is 9.78. The standard InChI is InChI=1S/C25H17Cl2N3O3/c26-20-10-17(11-21(27)23(20)33-15-19-9-5-4-8-18(19)13-28)12-22-24(31)30(25(32)29-22)14-16-6-2-1-3-7-16/h1-12H,14-15H2,(H,29,32)/b22-12+. The molecule has 0 bridgehead atoms. The molecule has 1 heterocycles. The maximum atomic E-state index is 12.7. The molecule has 4 rings (SSSR count). The van der Waals surface area contributed by atoms with Crippen molar-refractivity contribution >= 4 is 41.2 Å². The van der Waals surface area contributed by atoms with Crippen LogP contribution in [0.2, 0.25) is 10.0 Å². The molecule has 6 nitrogen and oxygen atoms in total. The maximum absolute atomic E-state index is 12.7. The average molecular weight is 478 g/mol. The molecule has 0 saturated carbocycles. The molecule has 0 aliphatic carbocycles. The Morgan fingerprint density at radius 3 is 2.36 bits per heavy atom. The minimum absolute atomic E-state index is 0.118. The SMILES string of the molecule is N#Cc1ccccc1COc1c(Cl)cc(/C=C2/NC(=O)N(Cc3ccccc3)C2=O)cc1Cl. The molecule has 1 N–H and O–H groups in total. The van der Waals surface area contributed by atoms with Gasteiger partial charge in [0.15, 0.2) is 5.75 Å². The molecule has 164 valence electrons. The Balaban J connectivity index is 1.51. The monoisotopic (exact) mass is 477 g/mol. The number of hydrogen-bond donors (Lipinski definition) is 1. The highest BCUT2D eigenvalue weighted by molar-refractivity contribution is 6.37. The van der Waals surface area contributed by atoms with E-state index >= 15 is 0 Å². The summed E-state index contributed by atoms with van der Waals surface area (Å²) in [5.74, 6) is -0.176. The van der Waals surface area contributed by atoms with Gasteiger partial charge in [-0.1, -0.05) is 71.7 Å². The van der Waals surface area contributed by atoms with E-state index in [2.05, 4.69) is 11.4 Å². The van der Waals surface area contributed by atoms with E-state index in [4.69, 9.17) is 27.9 Å². The van der Waals surface area contributed by atoms with Gasteiger partial charge in [0.1, 0.15) is 12.3 Å². The second-order valence-corrected chi connectivity index (χ2v) is 8.05. The third-order valence-electron chi connectivity index (χ3n) is 4.99. The molecule has 3 aromatic carbocycles. The number of amides is 3. The van der Waals surface area contributed by atoms with Gasteiger partial charge in [-0.15, -0.1) is 0 Å². The van der Waals surface area contributed by atoms with E-state index in [9.17, 15) is 14.9 Å². The lowest BCUT2D eigenvalue weighted by Crippen LogP contribution is -2.30. The Labute approximate surface area is 200 Å². The van der Waals surface area contributed by atoms with Gasteiger partial charge in [0.05, 0.1) is 28.2 Å². The zero-order valence-electron chi connectivity index (χ0n) is 17.2. The molecule has 0 unspecified atom stereocenters. The Morgan fingerprint density at radius 1 is 1.00 bits per heavy atom. The summed E-state index contributed by atoms with van der Waals surface area (Å²) in [6.07, 6.45) is 1.51. The predicted octanol–water partition coefficient (Wildman–Crippen LogP) is 5.54. The van der Waals surface area contributed by atoms with Gasteiger partial charge in [0.2, 0.25) is 0 Å². The van der Waals surface area contributed by atoms with Gasteiger partial charge in [0.25, 0.3) is 5.91 Å². The Bertz CT molecular complexity index is 1280. The molecule has 3 aromatic rings. The Kier molecular flexibility index (Phi) is 6.64. The molecular formula is C25H17Cl2N3O3. The topological polar surface area (TPSA) is 82.4 Å². The zero-order valence-corrected chi connectivity index (χ0v) is 18.7. The van der Waals surface area contributed by atoms with Gasteiger partial charge < -0.3 is 10.1 Å². The van der Waals surface area contributed by atoms with E-state index < -0.39 is 11.9 Å². The minimum Gasteiger partial charge on any atom is -0.486 e. The van der Waals surface area contributed by atoms with Crippen molar-refractivity contribution in [1.82, 2.24) is 10.2 Å². The molecule has 1 fully saturated rings. The molecule has 3 amide bonds. The Hall–Kier alpha value is -3.79. The molecule has 33 heavy (non-hydrogen) atoms. The summed E-state index contributed by atoms with van der Waals surface area (Å²) in [4.78, 5) is 26.2. The number of urea groups is 1. The number of rotatable bonds is 6. The van der Waals surface area contributed by atoms with Crippen molar-refractivity contribution in [2.75, 3.05) is 0 Å². The largest absolute Gasteiger partial charge is 0.486 e. The first-order valence-corrected chi connectivity index (χ1v) is 10.7. The Morgan fingerprint density at radius 2 is 1.67 bits per heavy atom. The van der Waals surface area contributed by atoms with Crippen molar-refractivity contribution in [3.8, 4) is 11.8 Å². The van der Waals surface area contributed by atoms with Crippen LogP contribution < -0.4 is 10.1 Å². The van der Waals surface area contributed by atoms with E-state index in [1.165, 1.54) is 6.08 Å². The number of hydrogen-bond acceptors (Lipinski definition) is 4. The first kappa shape index (κ1) is 22.4. The van der Waals surface area contributed by atoms with E-state index in [-0.39, 0.29) is 34.6 Å². The van der Waals surface area contributed by atoms with Crippen molar-refractivity contribution < 1.29 is 14.3 Å².